The van der Waals surface area contributed by atoms with Crippen molar-refractivity contribution < 1.29 is 4.79 Å². The number of hydrogen-bond acceptors (Lipinski definition) is 5. The number of anilines is 1. The monoisotopic (exact) mass is 396 g/mol. The van der Waals surface area contributed by atoms with E-state index in [1.54, 1.807) is 35.6 Å². The van der Waals surface area contributed by atoms with Gasteiger partial charge in [-0.1, -0.05) is 35.1 Å². The average Bonchev–Trinajstić information content (AvgIpc) is 3.17. The number of carbonyl (C=O) groups excluding carboxylic acids is 1. The number of fused-ring (bicyclic) bond motifs is 1. The second kappa shape index (κ2) is 7.18. The van der Waals surface area contributed by atoms with E-state index in [9.17, 15) is 4.79 Å². The third kappa shape index (κ3) is 3.36. The summed E-state index contributed by atoms with van der Waals surface area (Å²) >= 11 is 7.91. The van der Waals surface area contributed by atoms with Gasteiger partial charge in [0, 0.05) is 31.7 Å². The Morgan fingerprint density at radius 1 is 1.22 bits per heavy atom. The molecular weight excluding hydrogens is 380 g/mol. The van der Waals surface area contributed by atoms with Gasteiger partial charge in [0.05, 0.1) is 26.9 Å². The molecule has 1 saturated heterocycles. The fourth-order valence-corrected chi connectivity index (χ4v) is 4.60. The molecule has 136 valence electrons. The predicted molar refractivity (Wildman–Crippen MR) is 109 cm³/mol. The van der Waals surface area contributed by atoms with E-state index in [0.717, 1.165) is 39.0 Å². The average molecular weight is 397 g/mol. The van der Waals surface area contributed by atoms with E-state index in [1.165, 1.54) is 0 Å². The lowest BCUT2D eigenvalue weighted by molar-refractivity contribution is 0.0746. The van der Waals surface area contributed by atoms with Gasteiger partial charge in [0.15, 0.2) is 5.13 Å². The lowest BCUT2D eigenvalue weighted by atomic mass is 10.1. The van der Waals surface area contributed by atoms with Gasteiger partial charge in [-0.2, -0.15) is 5.26 Å². The van der Waals surface area contributed by atoms with E-state index in [0.29, 0.717) is 24.2 Å². The Labute approximate surface area is 166 Å². The predicted octanol–water partition coefficient (Wildman–Crippen LogP) is 4.09. The topological polar surface area (TPSA) is 60.2 Å². The van der Waals surface area contributed by atoms with Crippen molar-refractivity contribution in [1.29, 1.82) is 5.26 Å². The van der Waals surface area contributed by atoms with Gasteiger partial charge in [0.1, 0.15) is 0 Å². The van der Waals surface area contributed by atoms with Crippen molar-refractivity contribution in [1.82, 2.24) is 9.88 Å². The number of hydrogen-bond donors (Lipinski definition) is 0. The molecule has 0 saturated carbocycles. The highest BCUT2D eigenvalue weighted by molar-refractivity contribution is 7.22. The molecule has 2 heterocycles. The minimum absolute atomic E-state index is 0.0325. The lowest BCUT2D eigenvalue weighted by Crippen LogP contribution is -2.48. The van der Waals surface area contributed by atoms with Crippen LogP contribution in [0, 0.1) is 18.3 Å². The standard InChI is InChI=1S/C20H17ClN4OS/c1-13-5-6-16(21)18-17(13)23-20(27-18)25-9-7-24(8-10-25)19(26)15-4-2-3-14(11-15)12-22/h2-6,11H,7-10H2,1H3. The van der Waals surface area contributed by atoms with Crippen molar-refractivity contribution in [3.05, 3.63) is 58.1 Å². The maximum absolute atomic E-state index is 12.7. The minimum Gasteiger partial charge on any atom is -0.345 e. The largest absolute Gasteiger partial charge is 0.345 e. The van der Waals surface area contributed by atoms with Gasteiger partial charge in [-0.15, -0.1) is 0 Å². The summed E-state index contributed by atoms with van der Waals surface area (Å²) in [4.78, 5) is 21.5. The number of benzene rings is 2. The van der Waals surface area contributed by atoms with E-state index in [-0.39, 0.29) is 5.91 Å². The minimum atomic E-state index is -0.0325. The maximum Gasteiger partial charge on any atom is 0.254 e. The van der Waals surface area contributed by atoms with Crippen molar-refractivity contribution in [3.63, 3.8) is 0 Å². The zero-order valence-corrected chi connectivity index (χ0v) is 16.3. The highest BCUT2D eigenvalue weighted by atomic mass is 35.5. The van der Waals surface area contributed by atoms with Crippen LogP contribution in [0.25, 0.3) is 10.2 Å². The van der Waals surface area contributed by atoms with Crippen LogP contribution in [-0.4, -0.2) is 42.0 Å². The first-order valence-electron chi connectivity index (χ1n) is 8.67. The number of halogens is 1. The fourth-order valence-electron chi connectivity index (χ4n) is 3.23. The van der Waals surface area contributed by atoms with Crippen molar-refractivity contribution in [3.8, 4) is 6.07 Å². The molecule has 27 heavy (non-hydrogen) atoms. The number of thiazole rings is 1. The number of nitriles is 1. The third-order valence-corrected chi connectivity index (χ3v) is 6.34. The summed E-state index contributed by atoms with van der Waals surface area (Å²) in [5.41, 5.74) is 3.13. The van der Waals surface area contributed by atoms with Crippen molar-refractivity contribution in [2.45, 2.75) is 6.92 Å². The van der Waals surface area contributed by atoms with Crippen molar-refractivity contribution in [2.75, 3.05) is 31.1 Å². The van der Waals surface area contributed by atoms with Crippen LogP contribution in [0.3, 0.4) is 0 Å². The Balaban J connectivity index is 1.49. The van der Waals surface area contributed by atoms with Gasteiger partial charge < -0.3 is 9.80 Å². The van der Waals surface area contributed by atoms with Crippen LogP contribution in [0.15, 0.2) is 36.4 Å². The SMILES string of the molecule is Cc1ccc(Cl)c2sc(N3CCN(C(=O)c4cccc(C#N)c4)CC3)nc12. The van der Waals surface area contributed by atoms with Gasteiger partial charge in [-0.25, -0.2) is 4.98 Å². The second-order valence-electron chi connectivity index (χ2n) is 6.51. The van der Waals surface area contributed by atoms with Crippen LogP contribution in [0.5, 0.6) is 0 Å². The molecule has 3 aromatic rings. The highest BCUT2D eigenvalue weighted by Gasteiger charge is 2.24. The molecule has 0 radical (unpaired) electrons. The first-order chi connectivity index (χ1) is 13.1. The third-order valence-electron chi connectivity index (χ3n) is 4.76. The zero-order chi connectivity index (χ0) is 19.0. The number of carbonyl (C=O) groups is 1. The van der Waals surface area contributed by atoms with E-state index in [1.807, 2.05) is 24.0 Å². The summed E-state index contributed by atoms with van der Waals surface area (Å²) in [5, 5.41) is 10.7. The number of nitrogens with zero attached hydrogens (tertiary/aromatic N) is 4. The molecule has 0 atom stereocenters. The Hall–Kier alpha value is -2.62. The molecule has 1 fully saturated rings. The number of rotatable bonds is 2. The molecule has 1 aliphatic rings. The quantitative estimate of drug-likeness (QED) is 0.654. The molecule has 0 bridgehead atoms. The summed E-state index contributed by atoms with van der Waals surface area (Å²) < 4.78 is 1.01. The van der Waals surface area contributed by atoms with E-state index in [4.69, 9.17) is 21.8 Å². The molecule has 1 amide bonds. The summed E-state index contributed by atoms with van der Waals surface area (Å²) in [6, 6.07) is 12.8. The fraction of sp³-hybridized carbons (Fsp3) is 0.250. The van der Waals surface area contributed by atoms with E-state index < -0.39 is 0 Å². The molecule has 0 unspecified atom stereocenters. The first-order valence-corrected chi connectivity index (χ1v) is 9.86. The molecule has 0 N–H and O–H groups in total. The summed E-state index contributed by atoms with van der Waals surface area (Å²) in [5.74, 6) is -0.0325. The van der Waals surface area contributed by atoms with Gasteiger partial charge in [0.25, 0.3) is 5.91 Å². The zero-order valence-electron chi connectivity index (χ0n) is 14.8. The second-order valence-corrected chi connectivity index (χ2v) is 7.90. The molecule has 4 rings (SSSR count). The molecule has 0 spiro atoms. The van der Waals surface area contributed by atoms with Crippen LogP contribution >= 0.6 is 22.9 Å². The molecule has 0 aliphatic carbocycles. The van der Waals surface area contributed by atoms with Crippen LogP contribution in [0.4, 0.5) is 5.13 Å². The lowest BCUT2D eigenvalue weighted by Gasteiger charge is -2.34. The molecular formula is C20H17ClN4OS. The van der Waals surface area contributed by atoms with Gasteiger partial charge in [0.2, 0.25) is 0 Å². The molecule has 1 aliphatic heterocycles. The maximum atomic E-state index is 12.7. The van der Waals surface area contributed by atoms with Crippen LogP contribution in [0.1, 0.15) is 21.5 Å². The van der Waals surface area contributed by atoms with E-state index in [2.05, 4.69) is 11.0 Å². The van der Waals surface area contributed by atoms with Gasteiger partial charge in [-0.3, -0.25) is 4.79 Å². The highest BCUT2D eigenvalue weighted by Crippen LogP contribution is 2.35. The van der Waals surface area contributed by atoms with Gasteiger partial charge in [-0.05, 0) is 36.8 Å². The summed E-state index contributed by atoms with van der Waals surface area (Å²) in [7, 11) is 0. The Morgan fingerprint density at radius 2 is 2.00 bits per heavy atom. The molecule has 2 aromatic carbocycles. The number of aryl methyl sites for hydroxylation is 1. The normalized spacial score (nSPS) is 14.4. The van der Waals surface area contributed by atoms with Gasteiger partial charge >= 0.3 is 0 Å². The Kier molecular flexibility index (Phi) is 4.73. The smallest absolute Gasteiger partial charge is 0.254 e. The van der Waals surface area contributed by atoms with Crippen molar-refractivity contribution in [2.24, 2.45) is 0 Å². The first kappa shape index (κ1) is 17.8. The Bertz CT molecular complexity index is 1020. The Morgan fingerprint density at radius 3 is 2.70 bits per heavy atom. The number of piperazine rings is 1. The van der Waals surface area contributed by atoms with Crippen molar-refractivity contribution >= 4 is 44.2 Å². The van der Waals surface area contributed by atoms with Crippen LogP contribution in [-0.2, 0) is 0 Å². The molecule has 7 heteroatoms. The molecule has 1 aromatic heterocycles. The molecule has 5 nitrogen and oxygen atoms in total. The number of amides is 1. The van der Waals surface area contributed by atoms with E-state index >= 15 is 0 Å². The van der Waals surface area contributed by atoms with Crippen LogP contribution < -0.4 is 4.90 Å². The van der Waals surface area contributed by atoms with Crippen LogP contribution in [0.2, 0.25) is 5.02 Å². The summed E-state index contributed by atoms with van der Waals surface area (Å²) in [6.07, 6.45) is 0. The summed E-state index contributed by atoms with van der Waals surface area (Å²) in [6.45, 7) is 4.73. The number of aromatic nitrogens is 1.